The number of carbonyl (C=O) groups excluding carboxylic acids is 3. The number of para-hydroxylation sites is 1. The molecule has 0 unspecified atom stereocenters. The SMILES string of the molecule is COc1ccccc1C=CC(=O)NNC(=O)CCC(=O)Nc1ccc(Cl)cc1Cl. The van der Waals surface area contributed by atoms with Gasteiger partial charge in [0.1, 0.15) is 5.75 Å². The lowest BCUT2D eigenvalue weighted by Crippen LogP contribution is -2.41. The second-order valence-corrected chi connectivity index (χ2v) is 6.63. The molecule has 0 aliphatic rings. The zero-order chi connectivity index (χ0) is 21.2. The van der Waals surface area contributed by atoms with Crippen molar-refractivity contribution < 1.29 is 19.1 Å². The van der Waals surface area contributed by atoms with Gasteiger partial charge in [-0.25, -0.2) is 0 Å². The smallest absolute Gasteiger partial charge is 0.262 e. The van der Waals surface area contributed by atoms with Gasteiger partial charge in [-0.15, -0.1) is 0 Å². The van der Waals surface area contributed by atoms with Crippen LogP contribution in [-0.2, 0) is 14.4 Å². The summed E-state index contributed by atoms with van der Waals surface area (Å²) in [6, 6.07) is 11.8. The molecule has 3 N–H and O–H groups in total. The zero-order valence-electron chi connectivity index (χ0n) is 15.5. The summed E-state index contributed by atoms with van der Waals surface area (Å²) in [6.45, 7) is 0. The molecule has 0 saturated carbocycles. The van der Waals surface area contributed by atoms with Crippen LogP contribution in [0.5, 0.6) is 5.75 Å². The minimum atomic E-state index is -0.526. The van der Waals surface area contributed by atoms with Gasteiger partial charge in [-0.05, 0) is 30.3 Å². The second-order valence-electron chi connectivity index (χ2n) is 5.79. The summed E-state index contributed by atoms with van der Waals surface area (Å²) in [5.41, 5.74) is 5.60. The highest BCUT2D eigenvalue weighted by atomic mass is 35.5. The Balaban J connectivity index is 1.74. The third-order valence-corrected chi connectivity index (χ3v) is 4.21. The minimum absolute atomic E-state index is 0.0856. The summed E-state index contributed by atoms with van der Waals surface area (Å²) in [6.07, 6.45) is 2.61. The van der Waals surface area contributed by atoms with E-state index >= 15 is 0 Å². The summed E-state index contributed by atoms with van der Waals surface area (Å²) in [7, 11) is 1.53. The predicted molar refractivity (Wildman–Crippen MR) is 113 cm³/mol. The van der Waals surface area contributed by atoms with Crippen LogP contribution in [0.2, 0.25) is 10.0 Å². The third kappa shape index (κ3) is 7.48. The van der Waals surface area contributed by atoms with E-state index in [1.807, 2.05) is 12.1 Å². The van der Waals surface area contributed by atoms with Gasteiger partial charge in [0.2, 0.25) is 11.8 Å². The first-order chi connectivity index (χ1) is 13.9. The molecule has 9 heteroatoms. The first-order valence-electron chi connectivity index (χ1n) is 8.54. The first-order valence-corrected chi connectivity index (χ1v) is 9.29. The van der Waals surface area contributed by atoms with Crippen LogP contribution in [0.4, 0.5) is 5.69 Å². The highest BCUT2D eigenvalue weighted by Crippen LogP contribution is 2.25. The van der Waals surface area contributed by atoms with Crippen LogP contribution in [0.25, 0.3) is 6.08 Å². The molecule has 0 aliphatic heterocycles. The van der Waals surface area contributed by atoms with E-state index in [0.29, 0.717) is 27.0 Å². The summed E-state index contributed by atoms with van der Waals surface area (Å²) in [5.74, 6) is -0.817. The molecule has 2 aromatic carbocycles. The lowest BCUT2D eigenvalue weighted by molar-refractivity contribution is -0.128. The molecule has 3 amide bonds. The van der Waals surface area contributed by atoms with Gasteiger partial charge in [-0.1, -0.05) is 41.4 Å². The number of benzene rings is 2. The average Bonchev–Trinajstić information content (AvgIpc) is 2.71. The molecule has 2 aromatic rings. The van der Waals surface area contributed by atoms with Crippen LogP contribution in [0.15, 0.2) is 48.5 Å². The van der Waals surface area contributed by atoms with Crippen molar-refractivity contribution in [3.63, 3.8) is 0 Å². The highest BCUT2D eigenvalue weighted by molar-refractivity contribution is 6.36. The molecule has 29 heavy (non-hydrogen) atoms. The molecule has 0 bridgehead atoms. The number of nitrogens with one attached hydrogen (secondary N) is 3. The number of methoxy groups -OCH3 is 1. The quantitative estimate of drug-likeness (QED) is 0.457. The number of halogens is 2. The normalized spacial score (nSPS) is 10.4. The fourth-order valence-electron chi connectivity index (χ4n) is 2.24. The van der Waals surface area contributed by atoms with E-state index in [2.05, 4.69) is 16.2 Å². The number of hydrogen-bond donors (Lipinski definition) is 3. The Kier molecular flexibility index (Phi) is 8.51. The monoisotopic (exact) mass is 435 g/mol. The summed E-state index contributed by atoms with van der Waals surface area (Å²) in [4.78, 5) is 35.5. The number of hydrazine groups is 1. The van der Waals surface area contributed by atoms with Crippen LogP contribution in [0.3, 0.4) is 0 Å². The number of carbonyl (C=O) groups is 3. The van der Waals surface area contributed by atoms with Crippen molar-refractivity contribution in [3.05, 3.63) is 64.1 Å². The molecule has 0 radical (unpaired) electrons. The van der Waals surface area contributed by atoms with Gasteiger partial charge in [0.15, 0.2) is 0 Å². The van der Waals surface area contributed by atoms with Crippen molar-refractivity contribution in [2.75, 3.05) is 12.4 Å². The molecule has 7 nitrogen and oxygen atoms in total. The molecular formula is C20H19Cl2N3O4. The lowest BCUT2D eigenvalue weighted by atomic mass is 10.2. The topological polar surface area (TPSA) is 96.5 Å². The molecule has 152 valence electrons. The summed E-state index contributed by atoms with van der Waals surface area (Å²) >= 11 is 11.8. The molecular weight excluding hydrogens is 417 g/mol. The van der Waals surface area contributed by atoms with Crippen LogP contribution >= 0.6 is 23.2 Å². The zero-order valence-corrected chi connectivity index (χ0v) is 17.0. The second kappa shape index (κ2) is 11.1. The first kappa shape index (κ1) is 22.3. The van der Waals surface area contributed by atoms with E-state index in [1.165, 1.54) is 19.3 Å². The fraction of sp³-hybridized carbons (Fsp3) is 0.150. The van der Waals surface area contributed by atoms with Gasteiger partial charge in [0.25, 0.3) is 5.91 Å². The van der Waals surface area contributed by atoms with Gasteiger partial charge >= 0.3 is 0 Å². The van der Waals surface area contributed by atoms with Crippen molar-refractivity contribution in [1.82, 2.24) is 10.9 Å². The number of amides is 3. The molecule has 0 aromatic heterocycles. The van der Waals surface area contributed by atoms with E-state index < -0.39 is 17.7 Å². The summed E-state index contributed by atoms with van der Waals surface area (Å²) in [5, 5.41) is 3.33. The molecule has 0 aliphatic carbocycles. The largest absolute Gasteiger partial charge is 0.496 e. The van der Waals surface area contributed by atoms with E-state index in [4.69, 9.17) is 27.9 Å². The molecule has 0 spiro atoms. The summed E-state index contributed by atoms with van der Waals surface area (Å²) < 4.78 is 5.18. The Morgan fingerprint density at radius 2 is 1.72 bits per heavy atom. The van der Waals surface area contributed by atoms with E-state index in [-0.39, 0.29) is 12.8 Å². The molecule has 0 heterocycles. The fourth-order valence-corrected chi connectivity index (χ4v) is 2.69. The maximum atomic E-state index is 11.9. The van der Waals surface area contributed by atoms with Crippen molar-refractivity contribution >= 4 is 52.7 Å². The van der Waals surface area contributed by atoms with Crippen molar-refractivity contribution in [3.8, 4) is 5.75 Å². The van der Waals surface area contributed by atoms with Crippen LogP contribution in [0.1, 0.15) is 18.4 Å². The van der Waals surface area contributed by atoms with Crippen LogP contribution in [-0.4, -0.2) is 24.8 Å². The highest BCUT2D eigenvalue weighted by Gasteiger charge is 2.10. The van der Waals surface area contributed by atoms with Crippen LogP contribution < -0.4 is 20.9 Å². The van der Waals surface area contributed by atoms with Crippen molar-refractivity contribution in [1.29, 1.82) is 0 Å². The Bertz CT molecular complexity index is 932. The molecule has 2 rings (SSSR count). The number of rotatable bonds is 7. The van der Waals surface area contributed by atoms with Gasteiger partial charge in [0, 0.05) is 29.5 Å². The maximum Gasteiger partial charge on any atom is 0.262 e. The van der Waals surface area contributed by atoms with Gasteiger partial charge < -0.3 is 10.1 Å². The average molecular weight is 436 g/mol. The van der Waals surface area contributed by atoms with Gasteiger partial charge in [0.05, 0.1) is 17.8 Å². The Morgan fingerprint density at radius 1 is 1.00 bits per heavy atom. The van der Waals surface area contributed by atoms with E-state index in [1.54, 1.807) is 30.3 Å². The van der Waals surface area contributed by atoms with E-state index in [0.717, 1.165) is 0 Å². The molecule has 0 fully saturated rings. The Hall–Kier alpha value is -3.03. The molecule has 0 atom stereocenters. The Morgan fingerprint density at radius 3 is 2.45 bits per heavy atom. The number of hydrogen-bond acceptors (Lipinski definition) is 4. The number of ether oxygens (including phenoxy) is 1. The van der Waals surface area contributed by atoms with Crippen LogP contribution in [0, 0.1) is 0 Å². The van der Waals surface area contributed by atoms with Crippen molar-refractivity contribution in [2.24, 2.45) is 0 Å². The maximum absolute atomic E-state index is 11.9. The lowest BCUT2D eigenvalue weighted by Gasteiger charge is -2.08. The minimum Gasteiger partial charge on any atom is -0.496 e. The van der Waals surface area contributed by atoms with Gasteiger partial charge in [-0.2, -0.15) is 0 Å². The third-order valence-electron chi connectivity index (χ3n) is 3.66. The van der Waals surface area contributed by atoms with Crippen molar-refractivity contribution in [2.45, 2.75) is 12.8 Å². The number of anilines is 1. The molecule has 0 saturated heterocycles. The Labute approximate surface area is 178 Å². The van der Waals surface area contributed by atoms with Gasteiger partial charge in [-0.3, -0.25) is 25.2 Å². The predicted octanol–water partition coefficient (Wildman–Crippen LogP) is 3.58. The van der Waals surface area contributed by atoms with E-state index in [9.17, 15) is 14.4 Å². The standard InChI is InChI=1S/C20H19Cl2N3O4/c1-29-17-5-3-2-4-13(17)6-9-19(27)24-25-20(28)11-10-18(26)23-16-8-7-14(21)12-15(16)22/h2-9,12H,10-11H2,1H3,(H,23,26)(H,24,27)(H,25,28).